The first kappa shape index (κ1) is 20.3. The molecule has 3 aromatic rings. The molecule has 1 aliphatic rings. The minimum atomic E-state index is -0.866. The molecule has 1 saturated heterocycles. The number of aliphatic hydroxyl groups excluding tert-OH is 1. The van der Waals surface area contributed by atoms with E-state index >= 15 is 0 Å². The molecule has 0 radical (unpaired) electrons. The molecule has 0 amide bonds. The summed E-state index contributed by atoms with van der Waals surface area (Å²) in [6.07, 6.45) is 8.66. The summed E-state index contributed by atoms with van der Waals surface area (Å²) in [5.41, 5.74) is 1.38. The largest absolute Gasteiger partial charge is 0.465 e. The Morgan fingerprint density at radius 1 is 1.25 bits per heavy atom. The predicted molar refractivity (Wildman–Crippen MR) is 110 cm³/mol. The van der Waals surface area contributed by atoms with Crippen LogP contribution in [0.25, 0.3) is 23.3 Å². The van der Waals surface area contributed by atoms with Crippen molar-refractivity contribution in [1.29, 1.82) is 0 Å². The maximum Gasteiger partial charge on any atom is 0.220 e. The van der Waals surface area contributed by atoms with Crippen molar-refractivity contribution in [2.24, 2.45) is 0 Å². The summed E-state index contributed by atoms with van der Waals surface area (Å²) in [7, 11) is 0.500. The SMILES string of the molecule is CC(O)Oc1ccc2nc(C=Cc3cnc(N4CCCCC4)s3)oc2c1.CF. The van der Waals surface area contributed by atoms with Crippen molar-refractivity contribution in [2.75, 3.05) is 25.2 Å². The number of piperidine rings is 1. The molecule has 0 saturated carbocycles. The van der Waals surface area contributed by atoms with Crippen LogP contribution >= 0.6 is 11.3 Å². The Labute approximate surface area is 167 Å². The number of nitrogens with zero attached hydrogens (tertiary/aromatic N) is 3. The number of aliphatic hydroxyl groups is 1. The average Bonchev–Trinajstić information content (AvgIpc) is 3.34. The number of thiazole rings is 1. The lowest BCUT2D eigenvalue weighted by atomic mass is 10.1. The smallest absolute Gasteiger partial charge is 0.220 e. The van der Waals surface area contributed by atoms with Crippen LogP contribution in [0.15, 0.2) is 28.8 Å². The van der Waals surface area contributed by atoms with E-state index < -0.39 is 6.29 Å². The highest BCUT2D eigenvalue weighted by atomic mass is 32.1. The minimum Gasteiger partial charge on any atom is -0.465 e. The van der Waals surface area contributed by atoms with Gasteiger partial charge in [-0.3, -0.25) is 4.39 Å². The van der Waals surface area contributed by atoms with Crippen LogP contribution in [0.5, 0.6) is 5.75 Å². The van der Waals surface area contributed by atoms with E-state index in [0.29, 0.717) is 24.4 Å². The maximum atomic E-state index is 9.50. The number of hydrogen-bond donors (Lipinski definition) is 1. The fraction of sp³-hybridized carbons (Fsp3) is 0.400. The second-order valence-corrected chi connectivity index (χ2v) is 7.37. The average molecular weight is 405 g/mol. The predicted octanol–water partition coefficient (Wildman–Crippen LogP) is 4.75. The molecule has 1 fully saturated rings. The number of rotatable bonds is 5. The van der Waals surface area contributed by atoms with Crippen molar-refractivity contribution < 1.29 is 18.7 Å². The lowest BCUT2D eigenvalue weighted by Crippen LogP contribution is -2.29. The van der Waals surface area contributed by atoms with Crippen LogP contribution in [0.2, 0.25) is 0 Å². The van der Waals surface area contributed by atoms with Crippen molar-refractivity contribution >= 4 is 39.7 Å². The van der Waals surface area contributed by atoms with Gasteiger partial charge in [0.05, 0.1) is 7.18 Å². The van der Waals surface area contributed by atoms with Crippen molar-refractivity contribution in [1.82, 2.24) is 9.97 Å². The van der Waals surface area contributed by atoms with Crippen LogP contribution < -0.4 is 9.64 Å². The second kappa shape index (κ2) is 9.66. The van der Waals surface area contributed by atoms with Crippen LogP contribution in [0, 0.1) is 0 Å². The number of anilines is 1. The fourth-order valence-corrected chi connectivity index (χ4v) is 3.87. The van der Waals surface area contributed by atoms with E-state index in [1.165, 1.54) is 19.3 Å². The fourth-order valence-electron chi connectivity index (χ4n) is 3.00. The number of benzene rings is 1. The molecule has 1 N–H and O–H groups in total. The first-order valence-electron chi connectivity index (χ1n) is 9.19. The van der Waals surface area contributed by atoms with Crippen LogP contribution in [0.3, 0.4) is 0 Å². The molecule has 1 atom stereocenters. The maximum absolute atomic E-state index is 9.50. The summed E-state index contributed by atoms with van der Waals surface area (Å²) in [6, 6.07) is 5.31. The molecule has 1 unspecified atom stereocenters. The number of halogens is 1. The lowest BCUT2D eigenvalue weighted by molar-refractivity contribution is -0.000226. The van der Waals surface area contributed by atoms with E-state index in [2.05, 4.69) is 14.9 Å². The minimum absolute atomic E-state index is 0.500. The third-order valence-corrected chi connectivity index (χ3v) is 5.23. The highest BCUT2D eigenvalue weighted by Gasteiger charge is 2.13. The molecule has 8 heteroatoms. The van der Waals surface area contributed by atoms with E-state index in [9.17, 15) is 9.50 Å². The zero-order chi connectivity index (χ0) is 19.9. The summed E-state index contributed by atoms with van der Waals surface area (Å²) in [4.78, 5) is 12.4. The Bertz CT molecular complexity index is 916. The number of alkyl halides is 1. The summed E-state index contributed by atoms with van der Waals surface area (Å²) in [5.74, 6) is 1.08. The van der Waals surface area contributed by atoms with Crippen molar-refractivity contribution in [3.63, 3.8) is 0 Å². The van der Waals surface area contributed by atoms with Crippen LogP contribution in [-0.2, 0) is 0 Å². The first-order valence-corrected chi connectivity index (χ1v) is 10.0. The van der Waals surface area contributed by atoms with Gasteiger partial charge in [0.15, 0.2) is 17.0 Å². The summed E-state index contributed by atoms with van der Waals surface area (Å²) in [5, 5.41) is 10.4. The zero-order valence-corrected chi connectivity index (χ0v) is 16.8. The summed E-state index contributed by atoms with van der Waals surface area (Å²) >= 11 is 1.69. The van der Waals surface area contributed by atoms with Gasteiger partial charge in [0, 0.05) is 36.3 Å². The number of fused-ring (bicyclic) bond motifs is 1. The van der Waals surface area contributed by atoms with Gasteiger partial charge in [-0.1, -0.05) is 11.3 Å². The van der Waals surface area contributed by atoms with Gasteiger partial charge in [0.25, 0.3) is 0 Å². The van der Waals surface area contributed by atoms with E-state index in [4.69, 9.17) is 9.15 Å². The monoisotopic (exact) mass is 405 g/mol. The number of oxazole rings is 1. The molecule has 6 nitrogen and oxygen atoms in total. The Morgan fingerprint density at radius 2 is 2.04 bits per heavy atom. The Balaban J connectivity index is 0.00000109. The molecule has 28 heavy (non-hydrogen) atoms. The molecule has 0 aliphatic carbocycles. The first-order chi connectivity index (χ1) is 13.7. The van der Waals surface area contributed by atoms with Crippen LogP contribution in [0.4, 0.5) is 9.52 Å². The molecule has 0 bridgehead atoms. The topological polar surface area (TPSA) is 71.6 Å². The van der Waals surface area contributed by atoms with Gasteiger partial charge < -0.3 is 19.2 Å². The van der Waals surface area contributed by atoms with Crippen LogP contribution in [-0.4, -0.2) is 41.6 Å². The quantitative estimate of drug-likeness (QED) is 0.618. The number of ether oxygens (including phenoxy) is 1. The van der Waals surface area contributed by atoms with Gasteiger partial charge in [-0.2, -0.15) is 0 Å². The third-order valence-electron chi connectivity index (χ3n) is 4.21. The van der Waals surface area contributed by atoms with Crippen molar-refractivity contribution in [3.8, 4) is 5.75 Å². The van der Waals surface area contributed by atoms with Gasteiger partial charge in [-0.05, 0) is 44.4 Å². The van der Waals surface area contributed by atoms with Crippen molar-refractivity contribution in [3.05, 3.63) is 35.2 Å². The molecular formula is C20H24FN3O3S. The summed E-state index contributed by atoms with van der Waals surface area (Å²) < 4.78 is 20.5. The molecule has 1 aliphatic heterocycles. The number of hydrogen-bond acceptors (Lipinski definition) is 7. The molecule has 4 rings (SSSR count). The Morgan fingerprint density at radius 3 is 2.79 bits per heavy atom. The molecule has 1 aromatic carbocycles. The summed E-state index contributed by atoms with van der Waals surface area (Å²) in [6.45, 7) is 3.75. The van der Waals surface area contributed by atoms with E-state index in [0.717, 1.165) is 28.6 Å². The van der Waals surface area contributed by atoms with Gasteiger partial charge in [0.2, 0.25) is 5.89 Å². The van der Waals surface area contributed by atoms with Gasteiger partial charge in [-0.15, -0.1) is 0 Å². The van der Waals surface area contributed by atoms with Gasteiger partial charge in [-0.25, -0.2) is 9.97 Å². The van der Waals surface area contributed by atoms with Gasteiger partial charge >= 0.3 is 0 Å². The Kier molecular flexibility index (Phi) is 7.00. The van der Waals surface area contributed by atoms with E-state index in [1.54, 1.807) is 30.4 Å². The molecule has 0 spiro atoms. The van der Waals surface area contributed by atoms with Crippen LogP contribution in [0.1, 0.15) is 37.0 Å². The molecule has 3 heterocycles. The highest BCUT2D eigenvalue weighted by Crippen LogP contribution is 2.27. The second-order valence-electron chi connectivity index (χ2n) is 6.33. The standard InChI is InChI=1S/C19H21N3O3S.CH3F/c1-13(23)24-14-5-7-16-17(11-14)25-18(21-16)8-6-15-12-20-19(26-15)22-9-3-2-4-10-22;1-2/h5-8,11-13,23H,2-4,9-10H2,1H3;1H3. The molecular weight excluding hydrogens is 381 g/mol. The Hall–Kier alpha value is -2.45. The molecule has 150 valence electrons. The third kappa shape index (κ3) is 5.08. The molecule has 2 aromatic heterocycles. The number of aromatic nitrogens is 2. The normalized spacial score (nSPS) is 15.5. The van der Waals surface area contributed by atoms with Crippen molar-refractivity contribution in [2.45, 2.75) is 32.5 Å². The van der Waals surface area contributed by atoms with E-state index in [1.807, 2.05) is 24.4 Å². The lowest BCUT2D eigenvalue weighted by Gasteiger charge is -2.25. The van der Waals surface area contributed by atoms with Gasteiger partial charge in [0.1, 0.15) is 11.3 Å². The van der Waals surface area contributed by atoms with E-state index in [-0.39, 0.29) is 0 Å². The highest BCUT2D eigenvalue weighted by molar-refractivity contribution is 7.16. The zero-order valence-electron chi connectivity index (χ0n) is 16.0.